The maximum absolute atomic E-state index is 13.4. The van der Waals surface area contributed by atoms with Crippen molar-refractivity contribution in [2.75, 3.05) is 26.8 Å². The van der Waals surface area contributed by atoms with Gasteiger partial charge in [-0.25, -0.2) is 4.39 Å². The van der Waals surface area contributed by atoms with Crippen LogP contribution in [0.2, 0.25) is 0 Å². The largest absolute Gasteiger partial charge is 0.493 e. The number of hydrogen-bond acceptors (Lipinski definition) is 4. The van der Waals surface area contributed by atoms with E-state index in [1.54, 1.807) is 0 Å². The van der Waals surface area contributed by atoms with Crippen LogP contribution in [0, 0.1) is 11.7 Å². The van der Waals surface area contributed by atoms with Gasteiger partial charge in [-0.05, 0) is 49.7 Å². The van der Waals surface area contributed by atoms with Crippen LogP contribution in [-0.4, -0.2) is 26.8 Å². The number of halogens is 4. The van der Waals surface area contributed by atoms with Crippen molar-refractivity contribution < 1.29 is 31.8 Å². The Kier molecular flexibility index (Phi) is 6.28. The lowest BCUT2D eigenvalue weighted by atomic mass is 10.0. The first-order chi connectivity index (χ1) is 13.4. The zero-order valence-corrected chi connectivity index (χ0v) is 15.3. The SMILES string of the molecule is COc1cc(F)ccc1Oc1cc(C(F)(F)F)ccc1OCC1CCCNC1. The highest BCUT2D eigenvalue weighted by atomic mass is 19.4. The zero-order chi connectivity index (χ0) is 20.1. The van der Waals surface area contributed by atoms with Crippen molar-refractivity contribution >= 4 is 0 Å². The van der Waals surface area contributed by atoms with Crippen molar-refractivity contribution in [3.05, 3.63) is 47.8 Å². The van der Waals surface area contributed by atoms with E-state index in [1.807, 2.05) is 0 Å². The molecule has 3 rings (SSSR count). The second-order valence-electron chi connectivity index (χ2n) is 6.58. The van der Waals surface area contributed by atoms with Crippen LogP contribution in [0.1, 0.15) is 18.4 Å². The van der Waals surface area contributed by atoms with E-state index in [1.165, 1.54) is 19.2 Å². The van der Waals surface area contributed by atoms with Crippen molar-refractivity contribution in [2.45, 2.75) is 19.0 Å². The second-order valence-corrected chi connectivity index (χ2v) is 6.58. The molecule has 1 heterocycles. The van der Waals surface area contributed by atoms with Gasteiger partial charge >= 0.3 is 6.18 Å². The topological polar surface area (TPSA) is 39.7 Å². The van der Waals surface area contributed by atoms with Crippen LogP contribution < -0.4 is 19.5 Å². The average molecular weight is 399 g/mol. The van der Waals surface area contributed by atoms with E-state index in [0.29, 0.717) is 6.61 Å². The predicted molar refractivity (Wildman–Crippen MR) is 95.6 cm³/mol. The van der Waals surface area contributed by atoms with E-state index in [-0.39, 0.29) is 28.9 Å². The Morgan fingerprint density at radius 3 is 2.50 bits per heavy atom. The molecule has 1 atom stereocenters. The highest BCUT2D eigenvalue weighted by molar-refractivity contribution is 5.49. The Labute approximate surface area is 160 Å². The summed E-state index contributed by atoms with van der Waals surface area (Å²) in [5, 5.41) is 3.26. The monoisotopic (exact) mass is 399 g/mol. The number of ether oxygens (including phenoxy) is 3. The van der Waals surface area contributed by atoms with Gasteiger partial charge in [-0.3, -0.25) is 0 Å². The molecule has 0 aliphatic carbocycles. The molecule has 1 saturated heterocycles. The molecule has 4 nitrogen and oxygen atoms in total. The Balaban J connectivity index is 1.87. The third kappa shape index (κ3) is 5.07. The van der Waals surface area contributed by atoms with Gasteiger partial charge in [-0.1, -0.05) is 0 Å². The van der Waals surface area contributed by atoms with Crippen molar-refractivity contribution in [3.63, 3.8) is 0 Å². The van der Waals surface area contributed by atoms with Crippen molar-refractivity contribution in [2.24, 2.45) is 5.92 Å². The maximum atomic E-state index is 13.4. The third-order valence-electron chi connectivity index (χ3n) is 4.49. The summed E-state index contributed by atoms with van der Waals surface area (Å²) >= 11 is 0. The number of alkyl halides is 3. The summed E-state index contributed by atoms with van der Waals surface area (Å²) in [5.74, 6) is -0.0422. The van der Waals surface area contributed by atoms with Crippen LogP contribution in [0.3, 0.4) is 0 Å². The highest BCUT2D eigenvalue weighted by Crippen LogP contribution is 2.40. The molecule has 0 radical (unpaired) electrons. The summed E-state index contributed by atoms with van der Waals surface area (Å²) in [7, 11) is 1.32. The standard InChI is InChI=1S/C20H21F4NO3/c1-26-18-10-15(21)5-7-17(18)28-19-9-14(20(22,23)24)4-6-16(19)27-12-13-3-2-8-25-11-13/h4-7,9-10,13,25H,2-3,8,11-12H2,1H3. The summed E-state index contributed by atoms with van der Waals surface area (Å²) in [6.07, 6.45) is -2.52. The molecule has 1 aliphatic rings. The van der Waals surface area contributed by atoms with Crippen LogP contribution in [0.5, 0.6) is 23.0 Å². The summed E-state index contributed by atoms with van der Waals surface area (Å²) in [6, 6.07) is 6.59. The van der Waals surface area contributed by atoms with Gasteiger partial charge in [-0.15, -0.1) is 0 Å². The van der Waals surface area contributed by atoms with Gasteiger partial charge in [0.2, 0.25) is 0 Å². The average Bonchev–Trinajstić information content (AvgIpc) is 2.68. The Morgan fingerprint density at radius 2 is 1.82 bits per heavy atom. The zero-order valence-electron chi connectivity index (χ0n) is 15.3. The van der Waals surface area contributed by atoms with Gasteiger partial charge in [0.25, 0.3) is 0 Å². The molecule has 0 amide bonds. The first-order valence-electron chi connectivity index (χ1n) is 8.93. The molecule has 0 spiro atoms. The predicted octanol–water partition coefficient (Wildman–Crippen LogP) is 5.02. The normalized spacial score (nSPS) is 17.2. The molecule has 2 aromatic carbocycles. The third-order valence-corrected chi connectivity index (χ3v) is 4.49. The van der Waals surface area contributed by atoms with Gasteiger partial charge in [0, 0.05) is 18.5 Å². The number of benzene rings is 2. The molecule has 2 aromatic rings. The lowest BCUT2D eigenvalue weighted by molar-refractivity contribution is -0.137. The van der Waals surface area contributed by atoms with E-state index < -0.39 is 17.6 Å². The summed E-state index contributed by atoms with van der Waals surface area (Å²) in [6.45, 7) is 2.10. The smallest absolute Gasteiger partial charge is 0.416 e. The molecule has 0 aromatic heterocycles. The first kappa shape index (κ1) is 20.3. The molecule has 1 aliphatic heterocycles. The molecule has 1 unspecified atom stereocenters. The molecule has 0 saturated carbocycles. The number of nitrogens with one attached hydrogen (secondary N) is 1. The quantitative estimate of drug-likeness (QED) is 0.692. The Bertz CT molecular complexity index is 805. The lowest BCUT2D eigenvalue weighted by Gasteiger charge is -2.23. The van der Waals surface area contributed by atoms with E-state index in [4.69, 9.17) is 14.2 Å². The van der Waals surface area contributed by atoms with Crippen LogP contribution in [0.4, 0.5) is 17.6 Å². The fourth-order valence-electron chi connectivity index (χ4n) is 3.00. The second kappa shape index (κ2) is 8.68. The van der Waals surface area contributed by atoms with Crippen molar-refractivity contribution in [1.82, 2.24) is 5.32 Å². The number of hydrogen-bond donors (Lipinski definition) is 1. The van der Waals surface area contributed by atoms with Crippen LogP contribution in [-0.2, 0) is 6.18 Å². The minimum absolute atomic E-state index is 0.0693. The molecule has 1 N–H and O–H groups in total. The van der Waals surface area contributed by atoms with Gasteiger partial charge < -0.3 is 19.5 Å². The highest BCUT2D eigenvalue weighted by Gasteiger charge is 2.32. The molecule has 28 heavy (non-hydrogen) atoms. The van der Waals surface area contributed by atoms with Crippen LogP contribution >= 0.6 is 0 Å². The summed E-state index contributed by atoms with van der Waals surface area (Å²) in [5.41, 5.74) is -0.865. The van der Waals surface area contributed by atoms with Crippen molar-refractivity contribution in [3.8, 4) is 23.0 Å². The molecular weight excluding hydrogens is 378 g/mol. The fraction of sp³-hybridized carbons (Fsp3) is 0.400. The van der Waals surface area contributed by atoms with Gasteiger partial charge in [-0.2, -0.15) is 13.2 Å². The Morgan fingerprint density at radius 1 is 1.04 bits per heavy atom. The van der Waals surface area contributed by atoms with E-state index in [0.717, 1.165) is 50.2 Å². The Hall–Kier alpha value is -2.48. The lowest BCUT2D eigenvalue weighted by Crippen LogP contribution is -2.33. The number of piperidine rings is 1. The molecule has 1 fully saturated rings. The summed E-state index contributed by atoms with van der Waals surface area (Å²) < 4.78 is 69.2. The minimum Gasteiger partial charge on any atom is -0.493 e. The minimum atomic E-state index is -4.53. The van der Waals surface area contributed by atoms with Gasteiger partial charge in [0.1, 0.15) is 5.82 Å². The van der Waals surface area contributed by atoms with Crippen LogP contribution in [0.15, 0.2) is 36.4 Å². The number of rotatable bonds is 6. The molecular formula is C20H21F4NO3. The van der Waals surface area contributed by atoms with Crippen LogP contribution in [0.25, 0.3) is 0 Å². The molecule has 152 valence electrons. The molecule has 0 bridgehead atoms. The van der Waals surface area contributed by atoms with E-state index >= 15 is 0 Å². The van der Waals surface area contributed by atoms with E-state index in [9.17, 15) is 17.6 Å². The first-order valence-corrected chi connectivity index (χ1v) is 8.93. The summed E-state index contributed by atoms with van der Waals surface area (Å²) in [4.78, 5) is 0. The fourth-order valence-corrected chi connectivity index (χ4v) is 3.00. The molecule has 8 heteroatoms. The van der Waals surface area contributed by atoms with Gasteiger partial charge in [0.05, 0.1) is 19.3 Å². The number of methoxy groups -OCH3 is 1. The van der Waals surface area contributed by atoms with E-state index in [2.05, 4.69) is 5.32 Å². The van der Waals surface area contributed by atoms with Gasteiger partial charge in [0.15, 0.2) is 23.0 Å². The maximum Gasteiger partial charge on any atom is 0.416 e. The van der Waals surface area contributed by atoms with Crippen molar-refractivity contribution in [1.29, 1.82) is 0 Å².